The lowest BCUT2D eigenvalue weighted by molar-refractivity contribution is -0.140. The Bertz CT molecular complexity index is 527. The summed E-state index contributed by atoms with van der Waals surface area (Å²) in [6.07, 6.45) is 6.16. The molecule has 3 rings (SSSR count). The molecule has 2 atom stereocenters. The van der Waals surface area contributed by atoms with Crippen molar-refractivity contribution >= 4 is 18.3 Å². The molecule has 0 aromatic heterocycles. The fraction of sp³-hybridized carbons (Fsp3) is 0.632. The minimum absolute atomic E-state index is 0. The minimum atomic E-state index is -0.341. The summed E-state index contributed by atoms with van der Waals surface area (Å²) in [4.78, 5) is 14.8. The number of likely N-dealkylation sites (tertiary alicyclic amines) is 1. The normalized spacial score (nSPS) is 28.1. The highest BCUT2D eigenvalue weighted by Gasteiger charge is 2.40. The average Bonchev–Trinajstić information content (AvgIpc) is 2.55. The van der Waals surface area contributed by atoms with Gasteiger partial charge in [0.05, 0.1) is 5.92 Å². The number of hydrogen-bond acceptors (Lipinski definition) is 3. The predicted molar refractivity (Wildman–Crippen MR) is 98.5 cm³/mol. The quantitative estimate of drug-likeness (QED) is 0.907. The molecule has 1 heterocycles. The van der Waals surface area contributed by atoms with E-state index < -0.39 is 0 Å². The number of amides is 1. The molecule has 0 bridgehead atoms. The van der Waals surface area contributed by atoms with Gasteiger partial charge >= 0.3 is 0 Å². The lowest BCUT2D eigenvalue weighted by Crippen LogP contribution is -2.55. The second kappa shape index (κ2) is 8.21. The van der Waals surface area contributed by atoms with Crippen LogP contribution in [0.2, 0.25) is 0 Å². The molecule has 1 aromatic rings. The smallest absolute Gasteiger partial charge is 0.227 e. The number of nitrogens with zero attached hydrogens (tertiary/aromatic N) is 1. The Labute approximate surface area is 151 Å². The fourth-order valence-electron chi connectivity index (χ4n) is 3.87. The topological polar surface area (TPSA) is 55.6 Å². The molecule has 1 aromatic carbocycles. The van der Waals surface area contributed by atoms with E-state index in [0.717, 1.165) is 57.4 Å². The first kappa shape index (κ1) is 19.1. The highest BCUT2D eigenvalue weighted by atomic mass is 35.5. The Morgan fingerprint density at radius 1 is 1.17 bits per heavy atom. The van der Waals surface area contributed by atoms with Gasteiger partial charge < -0.3 is 15.4 Å². The monoisotopic (exact) mass is 352 g/mol. The summed E-state index contributed by atoms with van der Waals surface area (Å²) in [6.45, 7) is 3.60. The Balaban J connectivity index is 0.00000208. The molecule has 24 heavy (non-hydrogen) atoms. The highest BCUT2D eigenvalue weighted by Crippen LogP contribution is 2.33. The van der Waals surface area contributed by atoms with Gasteiger partial charge in [-0.25, -0.2) is 0 Å². The molecular weight excluding hydrogens is 324 g/mol. The molecule has 1 saturated heterocycles. The second-order valence-corrected chi connectivity index (χ2v) is 7.26. The van der Waals surface area contributed by atoms with Crippen molar-refractivity contribution in [3.05, 3.63) is 30.3 Å². The van der Waals surface area contributed by atoms with Crippen LogP contribution in [0.4, 0.5) is 0 Å². The van der Waals surface area contributed by atoms with E-state index in [1.807, 2.05) is 42.2 Å². The van der Waals surface area contributed by atoms with Gasteiger partial charge in [-0.15, -0.1) is 12.4 Å². The van der Waals surface area contributed by atoms with E-state index in [1.165, 1.54) is 0 Å². The summed E-state index contributed by atoms with van der Waals surface area (Å²) in [5, 5.41) is 0. The lowest BCUT2D eigenvalue weighted by Gasteiger charge is -2.41. The molecule has 2 aliphatic rings. The summed E-state index contributed by atoms with van der Waals surface area (Å²) < 4.78 is 6.01. The van der Waals surface area contributed by atoms with Crippen LogP contribution in [0.1, 0.15) is 45.4 Å². The van der Waals surface area contributed by atoms with Gasteiger partial charge in [-0.2, -0.15) is 0 Å². The number of ether oxygens (including phenoxy) is 1. The Kier molecular flexibility index (Phi) is 6.53. The Morgan fingerprint density at radius 3 is 2.46 bits per heavy atom. The lowest BCUT2D eigenvalue weighted by atomic mass is 9.74. The number of hydrogen-bond donors (Lipinski definition) is 1. The third-order valence-electron chi connectivity index (χ3n) is 5.35. The first-order valence-corrected chi connectivity index (χ1v) is 8.86. The van der Waals surface area contributed by atoms with E-state index in [9.17, 15) is 4.79 Å². The average molecular weight is 353 g/mol. The van der Waals surface area contributed by atoms with E-state index in [2.05, 4.69) is 0 Å². The zero-order valence-corrected chi connectivity index (χ0v) is 15.3. The minimum Gasteiger partial charge on any atom is -0.490 e. The molecule has 2 unspecified atom stereocenters. The number of rotatable bonds is 3. The van der Waals surface area contributed by atoms with E-state index in [0.29, 0.717) is 0 Å². The molecule has 0 spiro atoms. The summed E-state index contributed by atoms with van der Waals surface area (Å²) in [5.41, 5.74) is 6.05. The largest absolute Gasteiger partial charge is 0.490 e. The van der Waals surface area contributed by atoms with Crippen molar-refractivity contribution in [1.29, 1.82) is 0 Å². The first-order chi connectivity index (χ1) is 11.1. The molecule has 1 saturated carbocycles. The van der Waals surface area contributed by atoms with Gasteiger partial charge in [-0.05, 0) is 31.9 Å². The van der Waals surface area contributed by atoms with E-state index in [-0.39, 0.29) is 35.9 Å². The van der Waals surface area contributed by atoms with E-state index in [4.69, 9.17) is 10.5 Å². The van der Waals surface area contributed by atoms with Crippen molar-refractivity contribution < 1.29 is 9.53 Å². The SMILES string of the molecule is CC1(N)CCCCC1C(=O)N1CCC(Oc2ccccc2)CC1.Cl. The van der Waals surface area contributed by atoms with Crippen molar-refractivity contribution in [2.45, 2.75) is 57.1 Å². The zero-order chi connectivity index (χ0) is 16.3. The molecule has 4 nitrogen and oxygen atoms in total. The van der Waals surface area contributed by atoms with Crippen LogP contribution in [0.5, 0.6) is 5.75 Å². The molecule has 0 radical (unpaired) electrons. The van der Waals surface area contributed by atoms with Gasteiger partial charge in [-0.3, -0.25) is 4.79 Å². The van der Waals surface area contributed by atoms with Crippen LogP contribution in [0.3, 0.4) is 0 Å². The number of para-hydroxylation sites is 1. The van der Waals surface area contributed by atoms with Crippen LogP contribution >= 0.6 is 12.4 Å². The van der Waals surface area contributed by atoms with Gasteiger partial charge in [0.1, 0.15) is 11.9 Å². The molecular formula is C19H29ClN2O2. The maximum absolute atomic E-state index is 12.8. The van der Waals surface area contributed by atoms with Gasteiger partial charge in [0.2, 0.25) is 5.91 Å². The molecule has 2 fully saturated rings. The van der Waals surface area contributed by atoms with Crippen LogP contribution in [-0.4, -0.2) is 35.5 Å². The van der Waals surface area contributed by atoms with Crippen molar-refractivity contribution in [2.24, 2.45) is 11.7 Å². The number of carbonyl (C=O) groups excluding carboxylic acids is 1. The van der Waals surface area contributed by atoms with Crippen LogP contribution in [0, 0.1) is 5.92 Å². The van der Waals surface area contributed by atoms with Crippen molar-refractivity contribution in [3.8, 4) is 5.75 Å². The second-order valence-electron chi connectivity index (χ2n) is 7.26. The molecule has 1 aliphatic heterocycles. The summed E-state index contributed by atoms with van der Waals surface area (Å²) >= 11 is 0. The Hall–Kier alpha value is -1.26. The maximum Gasteiger partial charge on any atom is 0.227 e. The molecule has 134 valence electrons. The van der Waals surface area contributed by atoms with Gasteiger partial charge in [-0.1, -0.05) is 31.0 Å². The molecule has 1 aliphatic carbocycles. The maximum atomic E-state index is 12.8. The van der Waals surface area contributed by atoms with Crippen LogP contribution in [0.15, 0.2) is 30.3 Å². The van der Waals surface area contributed by atoms with Crippen LogP contribution < -0.4 is 10.5 Å². The number of benzene rings is 1. The standard InChI is InChI=1S/C19H28N2O2.ClH/c1-19(20)12-6-5-9-17(19)18(22)21-13-10-16(11-14-21)23-15-7-3-2-4-8-15;/h2-4,7-8,16-17H,5-6,9-14,20H2,1H3;1H. The van der Waals surface area contributed by atoms with Crippen molar-refractivity contribution in [3.63, 3.8) is 0 Å². The van der Waals surface area contributed by atoms with Gasteiger partial charge in [0.25, 0.3) is 0 Å². The Morgan fingerprint density at radius 2 is 1.83 bits per heavy atom. The summed E-state index contributed by atoms with van der Waals surface area (Å²) in [7, 11) is 0. The van der Waals surface area contributed by atoms with Crippen LogP contribution in [-0.2, 0) is 4.79 Å². The zero-order valence-electron chi connectivity index (χ0n) is 14.4. The number of carbonyl (C=O) groups is 1. The number of piperidine rings is 1. The number of halogens is 1. The predicted octanol–water partition coefficient (Wildman–Crippen LogP) is 3.39. The third-order valence-corrected chi connectivity index (χ3v) is 5.35. The van der Waals surface area contributed by atoms with E-state index >= 15 is 0 Å². The first-order valence-electron chi connectivity index (χ1n) is 8.86. The van der Waals surface area contributed by atoms with E-state index in [1.54, 1.807) is 0 Å². The van der Waals surface area contributed by atoms with Gasteiger partial charge in [0.15, 0.2) is 0 Å². The van der Waals surface area contributed by atoms with Crippen molar-refractivity contribution in [2.75, 3.05) is 13.1 Å². The number of nitrogens with two attached hydrogens (primary N) is 1. The summed E-state index contributed by atoms with van der Waals surface area (Å²) in [5.74, 6) is 1.16. The van der Waals surface area contributed by atoms with Gasteiger partial charge in [0, 0.05) is 31.5 Å². The highest BCUT2D eigenvalue weighted by molar-refractivity contribution is 5.85. The molecule has 1 amide bonds. The fourth-order valence-corrected chi connectivity index (χ4v) is 3.87. The third kappa shape index (κ3) is 4.42. The molecule has 2 N–H and O–H groups in total. The molecule has 5 heteroatoms. The summed E-state index contributed by atoms with van der Waals surface area (Å²) in [6, 6.07) is 9.93. The van der Waals surface area contributed by atoms with Crippen LogP contribution in [0.25, 0.3) is 0 Å². The van der Waals surface area contributed by atoms with Crippen molar-refractivity contribution in [1.82, 2.24) is 4.90 Å².